The Kier molecular flexibility index (Phi) is 2.79. The summed E-state index contributed by atoms with van der Waals surface area (Å²) in [6.07, 6.45) is 3.48. The van der Waals surface area contributed by atoms with E-state index in [1.54, 1.807) is 0 Å². The lowest BCUT2D eigenvalue weighted by Gasteiger charge is -2.30. The quantitative estimate of drug-likeness (QED) is 0.615. The van der Waals surface area contributed by atoms with Crippen molar-refractivity contribution in [3.8, 4) is 0 Å². The zero-order chi connectivity index (χ0) is 9.24. The van der Waals surface area contributed by atoms with Crippen molar-refractivity contribution in [1.82, 2.24) is 5.32 Å². The molecule has 0 saturated heterocycles. The third kappa shape index (κ3) is 1.99. The molecule has 2 heteroatoms. The van der Waals surface area contributed by atoms with Crippen molar-refractivity contribution in [2.75, 3.05) is 13.1 Å². The van der Waals surface area contributed by atoms with Crippen LogP contribution in [0.5, 0.6) is 0 Å². The lowest BCUT2D eigenvalue weighted by Crippen LogP contribution is -2.44. The van der Waals surface area contributed by atoms with Crippen molar-refractivity contribution >= 4 is 0 Å². The summed E-state index contributed by atoms with van der Waals surface area (Å²) in [6, 6.07) is 0. The van der Waals surface area contributed by atoms with Gasteiger partial charge >= 0.3 is 0 Å². The van der Waals surface area contributed by atoms with Gasteiger partial charge in [0.2, 0.25) is 0 Å². The van der Waals surface area contributed by atoms with Crippen LogP contribution in [0.15, 0.2) is 0 Å². The Morgan fingerprint density at radius 3 is 2.50 bits per heavy atom. The van der Waals surface area contributed by atoms with Gasteiger partial charge in [0.15, 0.2) is 0 Å². The first kappa shape index (κ1) is 10.0. The molecule has 2 N–H and O–H groups in total. The zero-order valence-electron chi connectivity index (χ0n) is 8.48. The van der Waals surface area contributed by atoms with E-state index in [9.17, 15) is 5.11 Å². The highest BCUT2D eigenvalue weighted by Crippen LogP contribution is 2.53. The van der Waals surface area contributed by atoms with Gasteiger partial charge in [-0.2, -0.15) is 0 Å². The molecule has 1 aliphatic carbocycles. The van der Waals surface area contributed by atoms with Crippen molar-refractivity contribution < 1.29 is 5.11 Å². The second kappa shape index (κ2) is 3.35. The van der Waals surface area contributed by atoms with Crippen LogP contribution in [0.3, 0.4) is 0 Å². The minimum Gasteiger partial charge on any atom is -0.388 e. The summed E-state index contributed by atoms with van der Waals surface area (Å²) in [7, 11) is 0. The van der Waals surface area contributed by atoms with Gasteiger partial charge in [0, 0.05) is 6.54 Å². The number of hydrogen-bond donors (Lipinski definition) is 2. The molecule has 1 unspecified atom stereocenters. The van der Waals surface area contributed by atoms with Crippen LogP contribution < -0.4 is 5.32 Å². The average Bonchev–Trinajstić information content (AvgIpc) is 2.70. The van der Waals surface area contributed by atoms with E-state index in [2.05, 4.69) is 19.2 Å². The van der Waals surface area contributed by atoms with Crippen molar-refractivity contribution in [1.29, 1.82) is 0 Å². The molecule has 1 saturated carbocycles. The Morgan fingerprint density at radius 1 is 1.50 bits per heavy atom. The summed E-state index contributed by atoms with van der Waals surface area (Å²) < 4.78 is 0. The van der Waals surface area contributed by atoms with Gasteiger partial charge in [-0.1, -0.05) is 13.8 Å². The average molecular weight is 171 g/mol. The van der Waals surface area contributed by atoms with Crippen molar-refractivity contribution in [3.63, 3.8) is 0 Å². The molecule has 1 aliphatic rings. The second-order valence-electron chi connectivity index (χ2n) is 4.51. The number of rotatable bonds is 5. The lowest BCUT2D eigenvalue weighted by atomic mass is 9.87. The first-order chi connectivity index (χ1) is 5.52. The van der Waals surface area contributed by atoms with E-state index < -0.39 is 5.60 Å². The predicted octanol–water partition coefficient (Wildman–Crippen LogP) is 1.54. The van der Waals surface area contributed by atoms with E-state index in [0.717, 1.165) is 19.5 Å². The minimum absolute atomic E-state index is 0.188. The Bertz CT molecular complexity index is 150. The molecular weight excluding hydrogens is 150 g/mol. The Hall–Kier alpha value is -0.0800. The highest BCUT2D eigenvalue weighted by atomic mass is 16.3. The van der Waals surface area contributed by atoms with Crippen molar-refractivity contribution in [2.24, 2.45) is 5.41 Å². The monoisotopic (exact) mass is 171 g/mol. The van der Waals surface area contributed by atoms with Gasteiger partial charge in [-0.3, -0.25) is 0 Å². The fourth-order valence-corrected chi connectivity index (χ4v) is 1.45. The number of aliphatic hydroxyl groups is 1. The first-order valence-electron chi connectivity index (χ1n) is 4.95. The van der Waals surface area contributed by atoms with E-state index in [4.69, 9.17) is 0 Å². The maximum atomic E-state index is 10.1. The summed E-state index contributed by atoms with van der Waals surface area (Å²) in [5, 5.41) is 13.3. The summed E-state index contributed by atoms with van der Waals surface area (Å²) in [6.45, 7) is 7.99. The molecule has 0 amide bonds. The molecule has 0 aromatic heterocycles. The molecule has 2 nitrogen and oxygen atoms in total. The highest BCUT2D eigenvalue weighted by Gasteiger charge is 2.51. The van der Waals surface area contributed by atoms with Crippen LogP contribution in [0.4, 0.5) is 0 Å². The molecule has 0 aromatic carbocycles. The summed E-state index contributed by atoms with van der Waals surface area (Å²) in [4.78, 5) is 0. The van der Waals surface area contributed by atoms with E-state index in [1.165, 1.54) is 12.8 Å². The lowest BCUT2D eigenvalue weighted by molar-refractivity contribution is -0.00615. The summed E-state index contributed by atoms with van der Waals surface area (Å²) in [5.74, 6) is 0. The molecule has 1 rings (SSSR count). The van der Waals surface area contributed by atoms with E-state index in [-0.39, 0.29) is 5.41 Å². The fourth-order valence-electron chi connectivity index (χ4n) is 1.45. The zero-order valence-corrected chi connectivity index (χ0v) is 8.48. The molecule has 72 valence electrons. The van der Waals surface area contributed by atoms with Crippen LogP contribution in [-0.2, 0) is 0 Å². The van der Waals surface area contributed by atoms with Crippen LogP contribution >= 0.6 is 0 Å². The largest absolute Gasteiger partial charge is 0.388 e. The molecule has 12 heavy (non-hydrogen) atoms. The van der Waals surface area contributed by atoms with Gasteiger partial charge in [-0.25, -0.2) is 0 Å². The normalized spacial score (nSPS) is 25.0. The molecule has 1 fully saturated rings. The molecule has 0 heterocycles. The van der Waals surface area contributed by atoms with Crippen LogP contribution in [0, 0.1) is 5.41 Å². The molecular formula is C10H21NO. The first-order valence-corrected chi connectivity index (χ1v) is 4.95. The Balaban J connectivity index is 2.28. The minimum atomic E-state index is -0.512. The molecule has 0 aromatic rings. The van der Waals surface area contributed by atoms with Crippen molar-refractivity contribution in [3.05, 3.63) is 0 Å². The SMILES string of the molecule is CCCNCC(C)(O)C1(C)CC1. The van der Waals surface area contributed by atoms with Crippen LogP contribution in [0.2, 0.25) is 0 Å². The number of nitrogens with one attached hydrogen (secondary N) is 1. The molecule has 0 bridgehead atoms. The fraction of sp³-hybridized carbons (Fsp3) is 1.00. The van der Waals surface area contributed by atoms with Gasteiger partial charge in [-0.05, 0) is 38.1 Å². The topological polar surface area (TPSA) is 32.3 Å². The van der Waals surface area contributed by atoms with Gasteiger partial charge in [0.25, 0.3) is 0 Å². The molecule has 0 aliphatic heterocycles. The van der Waals surface area contributed by atoms with Crippen LogP contribution in [-0.4, -0.2) is 23.8 Å². The molecule has 0 radical (unpaired) electrons. The van der Waals surface area contributed by atoms with Crippen molar-refractivity contribution in [2.45, 2.75) is 45.6 Å². The third-order valence-corrected chi connectivity index (χ3v) is 3.20. The van der Waals surface area contributed by atoms with E-state index in [1.807, 2.05) is 6.92 Å². The highest BCUT2D eigenvalue weighted by molar-refractivity contribution is 5.03. The van der Waals surface area contributed by atoms with Crippen LogP contribution in [0.25, 0.3) is 0 Å². The van der Waals surface area contributed by atoms with Gasteiger partial charge < -0.3 is 10.4 Å². The van der Waals surface area contributed by atoms with Gasteiger partial charge in [0.05, 0.1) is 5.60 Å². The maximum Gasteiger partial charge on any atom is 0.0796 e. The van der Waals surface area contributed by atoms with Gasteiger partial charge in [-0.15, -0.1) is 0 Å². The Labute approximate surface area is 75.4 Å². The van der Waals surface area contributed by atoms with Crippen LogP contribution in [0.1, 0.15) is 40.0 Å². The number of hydrogen-bond acceptors (Lipinski definition) is 2. The molecule has 1 atom stereocenters. The summed E-state index contributed by atoms with van der Waals surface area (Å²) in [5.41, 5.74) is -0.324. The second-order valence-corrected chi connectivity index (χ2v) is 4.51. The third-order valence-electron chi connectivity index (χ3n) is 3.20. The standard InChI is InChI=1S/C10H21NO/c1-4-7-11-8-10(3,12)9(2)5-6-9/h11-12H,4-8H2,1-3H3. The smallest absolute Gasteiger partial charge is 0.0796 e. The predicted molar refractivity (Wildman–Crippen MR) is 51.1 cm³/mol. The Morgan fingerprint density at radius 2 is 2.08 bits per heavy atom. The van der Waals surface area contributed by atoms with Gasteiger partial charge in [0.1, 0.15) is 0 Å². The molecule has 0 spiro atoms. The van der Waals surface area contributed by atoms with E-state index in [0.29, 0.717) is 0 Å². The summed E-state index contributed by atoms with van der Waals surface area (Å²) >= 11 is 0. The maximum absolute atomic E-state index is 10.1. The van der Waals surface area contributed by atoms with E-state index >= 15 is 0 Å².